The minimum absolute atomic E-state index is 0.212. The number of anilines is 1. The van der Waals surface area contributed by atoms with Crippen LogP contribution in [0.1, 0.15) is 15.9 Å². The van der Waals surface area contributed by atoms with Crippen LogP contribution in [0.2, 0.25) is 6.32 Å². The fourth-order valence-electron chi connectivity index (χ4n) is 3.07. The van der Waals surface area contributed by atoms with Gasteiger partial charge >= 0.3 is 0 Å². The largest absolute Gasteiger partial charge is 0.369 e. The van der Waals surface area contributed by atoms with Crippen molar-refractivity contribution < 1.29 is 4.79 Å². The summed E-state index contributed by atoms with van der Waals surface area (Å²) in [7, 11) is 1.90. The van der Waals surface area contributed by atoms with Crippen LogP contribution < -0.4 is 4.90 Å². The molecule has 2 aromatic carbocycles. The SMILES string of the molecule is BCC(=O)c1ccc(N2CCN(Cc3ccccc3)CC2)cc1. The highest BCUT2D eigenvalue weighted by molar-refractivity contribution is 6.24. The summed E-state index contributed by atoms with van der Waals surface area (Å²) >= 11 is 0. The van der Waals surface area contributed by atoms with E-state index in [-0.39, 0.29) is 5.78 Å². The quantitative estimate of drug-likeness (QED) is 0.625. The van der Waals surface area contributed by atoms with Crippen LogP contribution in [0.4, 0.5) is 5.69 Å². The van der Waals surface area contributed by atoms with Gasteiger partial charge in [0.1, 0.15) is 7.85 Å². The van der Waals surface area contributed by atoms with Gasteiger partial charge in [0.15, 0.2) is 5.78 Å². The van der Waals surface area contributed by atoms with E-state index < -0.39 is 0 Å². The highest BCUT2D eigenvalue weighted by Crippen LogP contribution is 2.19. The van der Waals surface area contributed by atoms with Crippen LogP contribution in [-0.4, -0.2) is 44.7 Å². The van der Waals surface area contributed by atoms with Crippen molar-refractivity contribution >= 4 is 19.3 Å². The van der Waals surface area contributed by atoms with Gasteiger partial charge < -0.3 is 4.90 Å². The molecule has 0 aromatic heterocycles. The molecule has 1 saturated heterocycles. The summed E-state index contributed by atoms with van der Waals surface area (Å²) < 4.78 is 0. The Morgan fingerprint density at radius 2 is 1.57 bits per heavy atom. The molecule has 1 fully saturated rings. The second-order valence-electron chi connectivity index (χ2n) is 6.07. The molecule has 3 nitrogen and oxygen atoms in total. The maximum Gasteiger partial charge on any atom is 0.155 e. The molecule has 0 amide bonds. The van der Waals surface area contributed by atoms with Gasteiger partial charge in [-0.05, 0) is 36.1 Å². The summed E-state index contributed by atoms with van der Waals surface area (Å²) in [5.41, 5.74) is 3.42. The molecule has 0 N–H and O–H groups in total. The van der Waals surface area contributed by atoms with Gasteiger partial charge in [0.2, 0.25) is 0 Å². The number of benzene rings is 2. The number of Topliss-reactive ketones (excluding diaryl/α,β-unsaturated/α-hetero) is 1. The Bertz CT molecular complexity index is 634. The molecule has 1 aliphatic rings. The van der Waals surface area contributed by atoms with E-state index in [0.717, 1.165) is 38.3 Å². The van der Waals surface area contributed by atoms with Crippen LogP contribution in [-0.2, 0) is 6.54 Å². The van der Waals surface area contributed by atoms with Crippen molar-refractivity contribution in [2.45, 2.75) is 12.9 Å². The molecule has 1 aliphatic heterocycles. The van der Waals surface area contributed by atoms with E-state index in [1.165, 1.54) is 11.3 Å². The fraction of sp³-hybridized carbons (Fsp3) is 0.316. The average molecular weight is 306 g/mol. The van der Waals surface area contributed by atoms with Crippen LogP contribution in [0.15, 0.2) is 54.6 Å². The summed E-state index contributed by atoms with van der Waals surface area (Å²) in [5, 5.41) is 0. The lowest BCUT2D eigenvalue weighted by molar-refractivity contribution is 0.101. The highest BCUT2D eigenvalue weighted by Gasteiger charge is 2.17. The molecule has 0 spiro atoms. The van der Waals surface area contributed by atoms with Gasteiger partial charge in [-0.2, -0.15) is 0 Å². The Hall–Kier alpha value is -2.07. The van der Waals surface area contributed by atoms with Gasteiger partial charge in [0.25, 0.3) is 0 Å². The number of hydrogen-bond acceptors (Lipinski definition) is 3. The topological polar surface area (TPSA) is 23.6 Å². The molecule has 3 rings (SSSR count). The Labute approximate surface area is 139 Å². The fourth-order valence-corrected chi connectivity index (χ4v) is 3.07. The van der Waals surface area contributed by atoms with E-state index >= 15 is 0 Å². The third kappa shape index (κ3) is 4.02. The molecule has 4 heteroatoms. The number of carbonyl (C=O) groups excluding carboxylic acids is 1. The predicted molar refractivity (Wildman–Crippen MR) is 98.1 cm³/mol. The van der Waals surface area contributed by atoms with E-state index in [4.69, 9.17) is 0 Å². The van der Waals surface area contributed by atoms with Crippen LogP contribution in [0, 0.1) is 0 Å². The van der Waals surface area contributed by atoms with E-state index in [1.54, 1.807) is 0 Å². The van der Waals surface area contributed by atoms with Gasteiger partial charge in [0.05, 0.1) is 0 Å². The first-order valence-electron chi connectivity index (χ1n) is 8.41. The lowest BCUT2D eigenvalue weighted by atomic mass is 9.96. The zero-order valence-electron chi connectivity index (χ0n) is 13.7. The van der Waals surface area contributed by atoms with Crippen LogP contribution in [0.3, 0.4) is 0 Å². The lowest BCUT2D eigenvalue weighted by Gasteiger charge is -2.36. The van der Waals surface area contributed by atoms with Crippen molar-refractivity contribution in [1.82, 2.24) is 4.90 Å². The molecule has 0 saturated carbocycles. The molecule has 118 valence electrons. The minimum atomic E-state index is 0.212. The standard InChI is InChI=1S/C19H23BN2O/c20-14-19(23)17-6-8-18(9-7-17)22-12-10-21(11-13-22)15-16-4-2-1-3-5-16/h1-9H,10-15,20H2. The Morgan fingerprint density at radius 1 is 0.913 bits per heavy atom. The third-order valence-corrected chi connectivity index (χ3v) is 4.50. The second kappa shape index (κ2) is 7.47. The maximum atomic E-state index is 11.7. The molecular weight excluding hydrogens is 283 g/mol. The van der Waals surface area contributed by atoms with E-state index in [9.17, 15) is 4.79 Å². The van der Waals surface area contributed by atoms with Crippen molar-refractivity contribution in [3.05, 3.63) is 65.7 Å². The lowest BCUT2D eigenvalue weighted by Crippen LogP contribution is -2.45. The van der Waals surface area contributed by atoms with Gasteiger partial charge in [-0.25, -0.2) is 0 Å². The second-order valence-corrected chi connectivity index (χ2v) is 6.07. The molecule has 0 aliphatic carbocycles. The zero-order valence-corrected chi connectivity index (χ0v) is 13.7. The summed E-state index contributed by atoms with van der Waals surface area (Å²) in [6, 6.07) is 18.7. The third-order valence-electron chi connectivity index (χ3n) is 4.50. The molecular formula is C19H23BN2O. The van der Waals surface area contributed by atoms with Crippen molar-refractivity contribution in [2.75, 3.05) is 31.1 Å². The maximum absolute atomic E-state index is 11.7. The first-order valence-corrected chi connectivity index (χ1v) is 8.41. The number of piperazine rings is 1. The van der Waals surface area contributed by atoms with E-state index in [2.05, 4.69) is 52.3 Å². The Morgan fingerprint density at radius 3 is 2.17 bits per heavy atom. The Kier molecular flexibility index (Phi) is 5.14. The molecule has 23 heavy (non-hydrogen) atoms. The van der Waals surface area contributed by atoms with Crippen molar-refractivity contribution in [3.63, 3.8) is 0 Å². The van der Waals surface area contributed by atoms with Crippen molar-refractivity contribution in [1.29, 1.82) is 0 Å². The van der Waals surface area contributed by atoms with Crippen molar-refractivity contribution in [2.24, 2.45) is 0 Å². The Balaban J connectivity index is 1.55. The van der Waals surface area contributed by atoms with Gasteiger partial charge in [-0.3, -0.25) is 9.69 Å². The molecule has 0 bridgehead atoms. The summed E-state index contributed by atoms with van der Waals surface area (Å²) in [6.45, 7) is 5.25. The molecule has 1 heterocycles. The van der Waals surface area contributed by atoms with Crippen LogP contribution in [0.5, 0.6) is 0 Å². The summed E-state index contributed by atoms with van der Waals surface area (Å²) in [4.78, 5) is 16.6. The number of hydrogen-bond donors (Lipinski definition) is 0. The predicted octanol–water partition coefficient (Wildman–Crippen LogP) is 2.24. The molecule has 0 unspecified atom stereocenters. The average Bonchev–Trinajstić information content (AvgIpc) is 2.63. The van der Waals surface area contributed by atoms with E-state index in [0.29, 0.717) is 6.32 Å². The zero-order chi connectivity index (χ0) is 16.1. The molecule has 2 aromatic rings. The number of rotatable bonds is 5. The van der Waals surface area contributed by atoms with Crippen LogP contribution in [0.25, 0.3) is 0 Å². The molecule has 0 radical (unpaired) electrons. The van der Waals surface area contributed by atoms with Crippen molar-refractivity contribution in [3.8, 4) is 0 Å². The van der Waals surface area contributed by atoms with E-state index in [1.807, 2.05) is 20.0 Å². The number of nitrogens with zero attached hydrogens (tertiary/aromatic N) is 2. The number of ketones is 1. The monoisotopic (exact) mass is 306 g/mol. The first-order chi connectivity index (χ1) is 11.3. The minimum Gasteiger partial charge on any atom is -0.369 e. The summed E-state index contributed by atoms with van der Waals surface area (Å²) in [5.74, 6) is 0.212. The number of carbonyl (C=O) groups is 1. The highest BCUT2D eigenvalue weighted by atomic mass is 16.1. The van der Waals surface area contributed by atoms with Gasteiger partial charge in [0, 0.05) is 44.0 Å². The molecule has 0 atom stereocenters. The first kappa shape index (κ1) is 15.8. The summed E-state index contributed by atoms with van der Waals surface area (Å²) in [6.07, 6.45) is 0.567. The van der Waals surface area contributed by atoms with Gasteiger partial charge in [-0.15, -0.1) is 0 Å². The van der Waals surface area contributed by atoms with Crippen LogP contribution >= 0.6 is 0 Å². The smallest absolute Gasteiger partial charge is 0.155 e. The normalized spacial score (nSPS) is 15.6. The van der Waals surface area contributed by atoms with Gasteiger partial charge in [-0.1, -0.05) is 30.3 Å².